The minimum absolute atomic E-state index is 0.157. The summed E-state index contributed by atoms with van der Waals surface area (Å²) in [5.41, 5.74) is 1.65. The van der Waals surface area contributed by atoms with Gasteiger partial charge in [0, 0.05) is 13.1 Å². The molecule has 1 aromatic heterocycles. The Morgan fingerprint density at radius 3 is 2.67 bits per heavy atom. The lowest BCUT2D eigenvalue weighted by molar-refractivity contribution is -0.119. The van der Waals surface area contributed by atoms with Gasteiger partial charge in [0.25, 0.3) is 5.91 Å². The number of sulfonamides is 1. The number of nitrogens with zero attached hydrogens (tertiary/aromatic N) is 2. The van der Waals surface area contributed by atoms with Crippen molar-refractivity contribution in [2.45, 2.75) is 31.1 Å². The van der Waals surface area contributed by atoms with Gasteiger partial charge >= 0.3 is 5.97 Å². The number of hydrogen-bond donors (Lipinski definition) is 1. The molecular weight excluding hydrogens is 469 g/mol. The Bertz CT molecular complexity index is 1320. The standard InChI is InChI=1S/C22H22FN3O5S2/c1-14-5-8-17-18(11-14)32-22(24-17)25-20(27)13-31-21(28)15-6-7-16(23)19(12-15)33(29,30)26-9-3-2-4-10-26/h5-8,11-12H,2-4,9-10,13H2,1H3,(H,24,25,27). The van der Waals surface area contributed by atoms with E-state index in [-0.39, 0.29) is 5.56 Å². The van der Waals surface area contributed by atoms with Gasteiger partial charge < -0.3 is 4.74 Å². The zero-order chi connectivity index (χ0) is 23.6. The molecule has 0 unspecified atom stereocenters. The molecule has 4 rings (SSSR count). The predicted octanol–water partition coefficient (Wildman–Crippen LogP) is 3.71. The van der Waals surface area contributed by atoms with E-state index in [2.05, 4.69) is 10.3 Å². The van der Waals surface area contributed by atoms with Gasteiger partial charge in [0.2, 0.25) is 10.0 Å². The fourth-order valence-corrected chi connectivity index (χ4v) is 6.12. The van der Waals surface area contributed by atoms with Crippen LogP contribution >= 0.6 is 11.3 Å². The first-order chi connectivity index (χ1) is 15.7. The zero-order valence-electron chi connectivity index (χ0n) is 17.8. The number of thiazole rings is 1. The van der Waals surface area contributed by atoms with Crippen LogP contribution in [0.4, 0.5) is 9.52 Å². The summed E-state index contributed by atoms with van der Waals surface area (Å²) in [7, 11) is -4.07. The molecule has 1 saturated heterocycles. The van der Waals surface area contributed by atoms with Crippen molar-refractivity contribution in [2.75, 3.05) is 25.0 Å². The zero-order valence-corrected chi connectivity index (χ0v) is 19.5. The normalized spacial score (nSPS) is 14.8. The van der Waals surface area contributed by atoms with E-state index in [1.165, 1.54) is 15.6 Å². The van der Waals surface area contributed by atoms with Gasteiger partial charge in [-0.15, -0.1) is 0 Å². The molecule has 3 aromatic rings. The number of rotatable bonds is 6. The largest absolute Gasteiger partial charge is 0.452 e. The van der Waals surface area contributed by atoms with Crippen LogP contribution in [0.3, 0.4) is 0 Å². The van der Waals surface area contributed by atoms with Gasteiger partial charge in [-0.2, -0.15) is 4.31 Å². The van der Waals surface area contributed by atoms with Gasteiger partial charge in [-0.05, 0) is 55.7 Å². The average Bonchev–Trinajstić information content (AvgIpc) is 3.19. The molecule has 1 fully saturated rings. The Morgan fingerprint density at radius 2 is 1.91 bits per heavy atom. The summed E-state index contributed by atoms with van der Waals surface area (Å²) in [4.78, 5) is 28.3. The van der Waals surface area contributed by atoms with Gasteiger partial charge in [0.15, 0.2) is 11.7 Å². The second-order valence-electron chi connectivity index (χ2n) is 7.72. The summed E-state index contributed by atoms with van der Waals surface area (Å²) in [6, 6.07) is 8.71. The van der Waals surface area contributed by atoms with E-state index in [1.54, 1.807) is 0 Å². The minimum atomic E-state index is -4.07. The number of carbonyl (C=O) groups excluding carboxylic acids is 2. The molecular formula is C22H22FN3O5S2. The fourth-order valence-electron chi connectivity index (χ4n) is 3.53. The number of aromatic nitrogens is 1. The lowest BCUT2D eigenvalue weighted by atomic mass is 10.2. The van der Waals surface area contributed by atoms with Crippen LogP contribution in [-0.2, 0) is 19.6 Å². The van der Waals surface area contributed by atoms with E-state index in [0.29, 0.717) is 31.1 Å². The van der Waals surface area contributed by atoms with Crippen LogP contribution in [0.5, 0.6) is 0 Å². The molecule has 1 N–H and O–H groups in total. The van der Waals surface area contributed by atoms with Crippen molar-refractivity contribution in [3.05, 3.63) is 53.3 Å². The summed E-state index contributed by atoms with van der Waals surface area (Å²) in [6.45, 7) is 1.97. The fraction of sp³-hybridized carbons (Fsp3) is 0.318. The molecule has 0 atom stereocenters. The van der Waals surface area contributed by atoms with E-state index in [0.717, 1.165) is 40.4 Å². The van der Waals surface area contributed by atoms with Gasteiger partial charge in [-0.25, -0.2) is 22.6 Å². The first kappa shape index (κ1) is 23.3. The van der Waals surface area contributed by atoms with Crippen LogP contribution in [0.2, 0.25) is 0 Å². The Balaban J connectivity index is 1.41. The molecule has 0 saturated carbocycles. The highest BCUT2D eigenvalue weighted by Gasteiger charge is 2.29. The van der Waals surface area contributed by atoms with Crippen molar-refractivity contribution in [2.24, 2.45) is 0 Å². The molecule has 1 aliphatic rings. The summed E-state index contributed by atoms with van der Waals surface area (Å²) < 4.78 is 47.1. The third-order valence-electron chi connectivity index (χ3n) is 5.22. The summed E-state index contributed by atoms with van der Waals surface area (Å²) in [5, 5.41) is 2.94. The molecule has 0 aliphatic carbocycles. The number of amides is 1. The molecule has 2 heterocycles. The van der Waals surface area contributed by atoms with Gasteiger partial charge in [0.1, 0.15) is 10.7 Å². The van der Waals surface area contributed by atoms with E-state index in [9.17, 15) is 22.4 Å². The van der Waals surface area contributed by atoms with Gasteiger partial charge in [0.05, 0.1) is 15.8 Å². The molecule has 33 heavy (non-hydrogen) atoms. The summed E-state index contributed by atoms with van der Waals surface area (Å²) in [6.07, 6.45) is 2.32. The number of benzene rings is 2. The topological polar surface area (TPSA) is 106 Å². The Hall–Kier alpha value is -2.89. The minimum Gasteiger partial charge on any atom is -0.452 e. The number of hydrogen-bond acceptors (Lipinski definition) is 7. The lowest BCUT2D eigenvalue weighted by Crippen LogP contribution is -2.36. The van der Waals surface area contributed by atoms with Crippen LogP contribution in [0.15, 0.2) is 41.3 Å². The molecule has 0 bridgehead atoms. The number of fused-ring (bicyclic) bond motifs is 1. The number of carbonyl (C=O) groups is 2. The number of aryl methyl sites for hydroxylation is 1. The smallest absolute Gasteiger partial charge is 0.338 e. The van der Waals surface area contributed by atoms with E-state index in [4.69, 9.17) is 4.74 Å². The molecule has 0 radical (unpaired) electrons. The lowest BCUT2D eigenvalue weighted by Gasteiger charge is -2.26. The molecule has 1 amide bonds. The number of esters is 1. The highest BCUT2D eigenvalue weighted by molar-refractivity contribution is 7.89. The van der Waals surface area contributed by atoms with E-state index < -0.39 is 39.2 Å². The number of halogens is 1. The highest BCUT2D eigenvalue weighted by Crippen LogP contribution is 2.27. The second kappa shape index (κ2) is 9.54. The second-order valence-corrected chi connectivity index (χ2v) is 10.7. The van der Waals surface area contributed by atoms with Crippen molar-refractivity contribution in [1.82, 2.24) is 9.29 Å². The number of nitrogens with one attached hydrogen (secondary N) is 1. The molecule has 0 spiro atoms. The maximum absolute atomic E-state index is 14.3. The first-order valence-corrected chi connectivity index (χ1v) is 12.6. The van der Waals surface area contributed by atoms with Crippen LogP contribution in [-0.4, -0.2) is 49.3 Å². The van der Waals surface area contributed by atoms with Crippen molar-refractivity contribution >= 4 is 48.6 Å². The molecule has 2 aromatic carbocycles. The molecule has 8 nitrogen and oxygen atoms in total. The monoisotopic (exact) mass is 491 g/mol. The van der Waals surface area contributed by atoms with Crippen molar-refractivity contribution in [3.8, 4) is 0 Å². The highest BCUT2D eigenvalue weighted by atomic mass is 32.2. The summed E-state index contributed by atoms with van der Waals surface area (Å²) >= 11 is 1.29. The average molecular weight is 492 g/mol. The Morgan fingerprint density at radius 1 is 1.15 bits per heavy atom. The molecule has 11 heteroatoms. The SMILES string of the molecule is Cc1ccc2nc(NC(=O)COC(=O)c3ccc(F)c(S(=O)(=O)N4CCCCC4)c3)sc2c1. The van der Waals surface area contributed by atoms with Crippen LogP contribution in [0.25, 0.3) is 10.2 Å². The quantitative estimate of drug-likeness (QED) is 0.527. The van der Waals surface area contributed by atoms with Crippen molar-refractivity contribution in [3.63, 3.8) is 0 Å². The number of piperidine rings is 1. The Kier molecular flexibility index (Phi) is 6.73. The van der Waals surface area contributed by atoms with Crippen LogP contribution < -0.4 is 5.32 Å². The van der Waals surface area contributed by atoms with Crippen molar-refractivity contribution < 1.29 is 27.1 Å². The maximum atomic E-state index is 14.3. The van der Waals surface area contributed by atoms with Gasteiger partial charge in [-0.1, -0.05) is 23.8 Å². The molecule has 1 aliphatic heterocycles. The number of anilines is 1. The first-order valence-electron chi connectivity index (χ1n) is 10.4. The van der Waals surface area contributed by atoms with Crippen LogP contribution in [0, 0.1) is 12.7 Å². The summed E-state index contributed by atoms with van der Waals surface area (Å²) in [5.74, 6) is -2.47. The molecule has 174 valence electrons. The van der Waals surface area contributed by atoms with Crippen LogP contribution in [0.1, 0.15) is 35.2 Å². The third-order valence-corrected chi connectivity index (χ3v) is 8.07. The van der Waals surface area contributed by atoms with E-state index >= 15 is 0 Å². The predicted molar refractivity (Wildman–Crippen MR) is 122 cm³/mol. The van der Waals surface area contributed by atoms with E-state index in [1.807, 2.05) is 25.1 Å². The third kappa shape index (κ3) is 5.21. The maximum Gasteiger partial charge on any atom is 0.338 e. The number of ether oxygens (including phenoxy) is 1. The Labute approximate surface area is 194 Å². The van der Waals surface area contributed by atoms with Gasteiger partial charge in [-0.3, -0.25) is 10.1 Å². The van der Waals surface area contributed by atoms with Crippen molar-refractivity contribution in [1.29, 1.82) is 0 Å².